The molecule has 1 aromatic carbocycles. The molecule has 0 aliphatic heterocycles. The summed E-state index contributed by atoms with van der Waals surface area (Å²) >= 11 is 0. The molecule has 0 spiro atoms. The van der Waals surface area contributed by atoms with E-state index in [2.05, 4.69) is 18.2 Å². The van der Waals surface area contributed by atoms with Crippen LogP contribution in [0.15, 0.2) is 18.2 Å². The predicted molar refractivity (Wildman–Crippen MR) is 62.2 cm³/mol. The summed E-state index contributed by atoms with van der Waals surface area (Å²) in [4.78, 5) is 0. The summed E-state index contributed by atoms with van der Waals surface area (Å²) in [7, 11) is 0. The molecule has 1 aliphatic rings. The predicted octanol–water partition coefficient (Wildman–Crippen LogP) is 2.29. The van der Waals surface area contributed by atoms with Crippen LogP contribution in [0.4, 0.5) is 0 Å². The first-order valence-electron chi connectivity index (χ1n) is 5.76. The molecule has 2 nitrogen and oxygen atoms in total. The number of nitrogens with two attached hydrogens (primary N) is 1. The van der Waals surface area contributed by atoms with Crippen molar-refractivity contribution in [2.24, 2.45) is 5.73 Å². The van der Waals surface area contributed by atoms with Crippen molar-refractivity contribution >= 4 is 0 Å². The summed E-state index contributed by atoms with van der Waals surface area (Å²) in [5, 5.41) is 0. The zero-order valence-corrected chi connectivity index (χ0v) is 9.33. The quantitative estimate of drug-likeness (QED) is 0.821. The normalized spacial score (nSPS) is 16.9. The van der Waals surface area contributed by atoms with E-state index >= 15 is 0 Å². The molecule has 1 atom stereocenters. The minimum absolute atomic E-state index is 0.0982. The Bertz CT molecular complexity index is 333. The zero-order valence-electron chi connectivity index (χ0n) is 9.33. The summed E-state index contributed by atoms with van der Waals surface area (Å²) in [5.74, 6) is 0.966. The summed E-state index contributed by atoms with van der Waals surface area (Å²) < 4.78 is 5.61. The molecule has 0 unspecified atom stereocenters. The lowest BCUT2D eigenvalue weighted by Crippen LogP contribution is -2.23. The van der Waals surface area contributed by atoms with Crippen molar-refractivity contribution in [3.63, 3.8) is 0 Å². The van der Waals surface area contributed by atoms with Crippen LogP contribution in [0.2, 0.25) is 0 Å². The molecule has 2 heteroatoms. The minimum atomic E-state index is 0.0982. The Morgan fingerprint density at radius 3 is 2.73 bits per heavy atom. The number of aryl methyl sites for hydroxylation is 2. The molecule has 0 aromatic heterocycles. The minimum Gasteiger partial charge on any atom is -0.492 e. The van der Waals surface area contributed by atoms with Crippen LogP contribution >= 0.6 is 0 Å². The van der Waals surface area contributed by atoms with Crippen molar-refractivity contribution in [2.45, 2.75) is 38.6 Å². The third-order valence-electron chi connectivity index (χ3n) is 2.83. The van der Waals surface area contributed by atoms with E-state index in [1.165, 1.54) is 36.8 Å². The number of benzene rings is 1. The number of ether oxygens (including phenoxy) is 1. The Kier molecular flexibility index (Phi) is 3.27. The van der Waals surface area contributed by atoms with E-state index in [0.717, 1.165) is 5.75 Å². The highest BCUT2D eigenvalue weighted by atomic mass is 16.5. The SMILES string of the molecule is C[C@H](N)COc1ccc2c(c1)CCCC2. The number of hydrogen-bond donors (Lipinski definition) is 1. The van der Waals surface area contributed by atoms with Gasteiger partial charge in [-0.1, -0.05) is 6.07 Å². The van der Waals surface area contributed by atoms with Gasteiger partial charge in [0.15, 0.2) is 0 Å². The molecule has 0 radical (unpaired) electrons. The van der Waals surface area contributed by atoms with Gasteiger partial charge in [0, 0.05) is 6.04 Å². The maximum absolute atomic E-state index is 5.65. The fourth-order valence-electron chi connectivity index (χ4n) is 2.03. The standard InChI is InChI=1S/C13H19NO/c1-10(14)9-15-13-7-6-11-4-2-3-5-12(11)8-13/h6-8,10H,2-5,9,14H2,1H3/t10-/m0/s1. The average Bonchev–Trinajstić information content (AvgIpc) is 2.26. The monoisotopic (exact) mass is 205 g/mol. The van der Waals surface area contributed by atoms with Crippen molar-refractivity contribution in [3.05, 3.63) is 29.3 Å². The molecule has 0 heterocycles. The molecule has 0 amide bonds. The van der Waals surface area contributed by atoms with Crippen LogP contribution in [0.25, 0.3) is 0 Å². The highest BCUT2D eigenvalue weighted by Gasteiger charge is 2.09. The molecular weight excluding hydrogens is 186 g/mol. The zero-order chi connectivity index (χ0) is 10.7. The molecule has 0 saturated carbocycles. The Hall–Kier alpha value is -1.02. The van der Waals surface area contributed by atoms with Gasteiger partial charge in [0.05, 0.1) is 0 Å². The van der Waals surface area contributed by atoms with Gasteiger partial charge < -0.3 is 10.5 Å². The Morgan fingerprint density at radius 1 is 1.27 bits per heavy atom. The molecular formula is C13H19NO. The molecule has 2 N–H and O–H groups in total. The third-order valence-corrected chi connectivity index (χ3v) is 2.83. The first-order chi connectivity index (χ1) is 7.25. The second kappa shape index (κ2) is 4.67. The van der Waals surface area contributed by atoms with Gasteiger partial charge in [0.1, 0.15) is 12.4 Å². The first kappa shape index (κ1) is 10.5. The molecule has 15 heavy (non-hydrogen) atoms. The second-order valence-electron chi connectivity index (χ2n) is 4.43. The van der Waals surface area contributed by atoms with Gasteiger partial charge in [0.2, 0.25) is 0 Å². The summed E-state index contributed by atoms with van der Waals surface area (Å²) in [6.07, 6.45) is 5.06. The lowest BCUT2D eigenvalue weighted by atomic mass is 9.92. The van der Waals surface area contributed by atoms with Crippen molar-refractivity contribution < 1.29 is 4.74 Å². The Morgan fingerprint density at radius 2 is 2.00 bits per heavy atom. The Labute approximate surface area is 91.4 Å². The van der Waals surface area contributed by atoms with Crippen molar-refractivity contribution in [1.82, 2.24) is 0 Å². The van der Waals surface area contributed by atoms with E-state index in [4.69, 9.17) is 10.5 Å². The average molecular weight is 205 g/mol. The maximum atomic E-state index is 5.65. The van der Waals surface area contributed by atoms with Gasteiger partial charge >= 0.3 is 0 Å². The van der Waals surface area contributed by atoms with Crippen molar-refractivity contribution in [2.75, 3.05) is 6.61 Å². The smallest absolute Gasteiger partial charge is 0.119 e. The third kappa shape index (κ3) is 2.72. The van der Waals surface area contributed by atoms with Crippen molar-refractivity contribution in [3.8, 4) is 5.75 Å². The van der Waals surface area contributed by atoms with E-state index in [-0.39, 0.29) is 6.04 Å². The van der Waals surface area contributed by atoms with E-state index in [1.54, 1.807) is 0 Å². The van der Waals surface area contributed by atoms with Crippen LogP contribution in [0, 0.1) is 0 Å². The van der Waals surface area contributed by atoms with Gasteiger partial charge in [-0.25, -0.2) is 0 Å². The summed E-state index contributed by atoms with van der Waals surface area (Å²) in [6, 6.07) is 6.54. The van der Waals surface area contributed by atoms with Crippen LogP contribution in [-0.2, 0) is 12.8 Å². The topological polar surface area (TPSA) is 35.2 Å². The van der Waals surface area contributed by atoms with Gasteiger partial charge in [-0.05, 0) is 55.9 Å². The Balaban J connectivity index is 2.07. The van der Waals surface area contributed by atoms with Crippen LogP contribution in [0.1, 0.15) is 30.9 Å². The lowest BCUT2D eigenvalue weighted by molar-refractivity contribution is 0.296. The summed E-state index contributed by atoms with van der Waals surface area (Å²) in [5.41, 5.74) is 8.61. The lowest BCUT2D eigenvalue weighted by Gasteiger charge is -2.17. The van der Waals surface area contributed by atoms with Crippen LogP contribution < -0.4 is 10.5 Å². The fourth-order valence-corrected chi connectivity index (χ4v) is 2.03. The molecule has 82 valence electrons. The first-order valence-corrected chi connectivity index (χ1v) is 5.76. The number of fused-ring (bicyclic) bond motifs is 1. The number of hydrogen-bond acceptors (Lipinski definition) is 2. The van der Waals surface area contributed by atoms with Gasteiger partial charge in [-0.3, -0.25) is 0 Å². The molecule has 2 rings (SSSR count). The molecule has 0 fully saturated rings. The number of rotatable bonds is 3. The van der Waals surface area contributed by atoms with Gasteiger partial charge in [-0.15, -0.1) is 0 Å². The molecule has 1 aliphatic carbocycles. The van der Waals surface area contributed by atoms with Crippen molar-refractivity contribution in [1.29, 1.82) is 0 Å². The van der Waals surface area contributed by atoms with Crippen LogP contribution in [-0.4, -0.2) is 12.6 Å². The highest BCUT2D eigenvalue weighted by molar-refractivity contribution is 5.37. The summed E-state index contributed by atoms with van der Waals surface area (Å²) in [6.45, 7) is 2.55. The second-order valence-corrected chi connectivity index (χ2v) is 4.43. The van der Waals surface area contributed by atoms with E-state index in [1.807, 2.05) is 6.92 Å². The van der Waals surface area contributed by atoms with Gasteiger partial charge in [0.25, 0.3) is 0 Å². The van der Waals surface area contributed by atoms with E-state index in [0.29, 0.717) is 6.61 Å². The highest BCUT2D eigenvalue weighted by Crippen LogP contribution is 2.25. The van der Waals surface area contributed by atoms with Crippen LogP contribution in [0.3, 0.4) is 0 Å². The van der Waals surface area contributed by atoms with Gasteiger partial charge in [-0.2, -0.15) is 0 Å². The van der Waals surface area contributed by atoms with Crippen LogP contribution in [0.5, 0.6) is 5.75 Å². The van der Waals surface area contributed by atoms with E-state index in [9.17, 15) is 0 Å². The largest absolute Gasteiger partial charge is 0.492 e. The molecule has 0 bridgehead atoms. The maximum Gasteiger partial charge on any atom is 0.119 e. The molecule has 0 saturated heterocycles. The fraction of sp³-hybridized carbons (Fsp3) is 0.538. The molecule has 1 aromatic rings. The van der Waals surface area contributed by atoms with E-state index < -0.39 is 0 Å².